The van der Waals surface area contributed by atoms with Crippen LogP contribution in [0.1, 0.15) is 13.3 Å². The lowest BCUT2D eigenvalue weighted by Gasteiger charge is -2.36. The predicted octanol–water partition coefficient (Wildman–Crippen LogP) is 1.35. The monoisotopic (exact) mass is 237 g/mol. The summed E-state index contributed by atoms with van der Waals surface area (Å²) in [4.78, 5) is 10.8. The summed E-state index contributed by atoms with van der Waals surface area (Å²) in [5.41, 5.74) is 0. The smallest absolute Gasteiger partial charge is 0.228 e. The maximum Gasteiger partial charge on any atom is 0.228 e. The van der Waals surface area contributed by atoms with Crippen LogP contribution in [-0.4, -0.2) is 43.4 Å². The largest absolute Gasteiger partial charge is 0.481 e. The number of piperidine rings is 1. The number of hydrogen-bond acceptors (Lipinski definition) is 5. The van der Waals surface area contributed by atoms with E-state index in [1.807, 2.05) is 0 Å². The number of nitrogens with zero attached hydrogens (tertiary/aromatic N) is 3. The molecule has 0 bridgehead atoms. The van der Waals surface area contributed by atoms with Gasteiger partial charge < -0.3 is 14.4 Å². The second-order valence-electron chi connectivity index (χ2n) is 4.39. The van der Waals surface area contributed by atoms with Crippen molar-refractivity contribution in [2.75, 3.05) is 32.2 Å². The summed E-state index contributed by atoms with van der Waals surface area (Å²) in [6.45, 7) is 4.02. The molecule has 1 aromatic rings. The highest BCUT2D eigenvalue weighted by Crippen LogP contribution is 2.23. The minimum atomic E-state index is 0.249. The summed E-state index contributed by atoms with van der Waals surface area (Å²) in [5.74, 6) is 1.91. The third-order valence-corrected chi connectivity index (χ3v) is 3.30. The summed E-state index contributed by atoms with van der Waals surface area (Å²) in [7, 11) is 3.37. The molecule has 94 valence electrons. The first kappa shape index (κ1) is 12.1. The Balaban J connectivity index is 2.11. The van der Waals surface area contributed by atoms with E-state index < -0.39 is 0 Å². The van der Waals surface area contributed by atoms with Crippen LogP contribution in [0.2, 0.25) is 0 Å². The molecule has 0 aliphatic carbocycles. The van der Waals surface area contributed by atoms with E-state index in [-0.39, 0.29) is 6.10 Å². The maximum absolute atomic E-state index is 5.48. The molecule has 0 spiro atoms. The van der Waals surface area contributed by atoms with Crippen LogP contribution in [0, 0.1) is 5.92 Å². The minimum Gasteiger partial charge on any atom is -0.481 e. The molecular formula is C12H19N3O2. The van der Waals surface area contributed by atoms with Gasteiger partial charge in [-0.15, -0.1) is 0 Å². The fourth-order valence-electron chi connectivity index (χ4n) is 2.12. The third kappa shape index (κ3) is 2.66. The normalized spacial score (nSPS) is 24.8. The summed E-state index contributed by atoms with van der Waals surface area (Å²) < 4.78 is 10.6. The number of ether oxygens (including phenoxy) is 2. The van der Waals surface area contributed by atoms with Crippen LogP contribution in [0.4, 0.5) is 5.95 Å². The average Bonchev–Trinajstić information content (AvgIpc) is 2.39. The van der Waals surface area contributed by atoms with E-state index in [0.29, 0.717) is 11.8 Å². The Hall–Kier alpha value is -1.36. The van der Waals surface area contributed by atoms with Crippen molar-refractivity contribution in [3.05, 3.63) is 12.3 Å². The SMILES string of the molecule is COc1ccnc(N2CCC(C)C(OC)C2)n1. The molecule has 1 saturated heterocycles. The van der Waals surface area contributed by atoms with Crippen molar-refractivity contribution in [3.8, 4) is 5.88 Å². The van der Waals surface area contributed by atoms with Gasteiger partial charge in [0.25, 0.3) is 0 Å². The Labute approximate surface area is 102 Å². The molecule has 2 unspecified atom stereocenters. The van der Waals surface area contributed by atoms with Crippen molar-refractivity contribution in [1.29, 1.82) is 0 Å². The highest BCUT2D eigenvalue weighted by molar-refractivity contribution is 5.33. The van der Waals surface area contributed by atoms with Gasteiger partial charge in [-0.25, -0.2) is 4.98 Å². The van der Waals surface area contributed by atoms with Gasteiger partial charge in [0.15, 0.2) is 0 Å². The van der Waals surface area contributed by atoms with Gasteiger partial charge in [-0.3, -0.25) is 0 Å². The Morgan fingerprint density at radius 2 is 2.24 bits per heavy atom. The fraction of sp³-hybridized carbons (Fsp3) is 0.667. The molecule has 0 amide bonds. The second-order valence-corrected chi connectivity index (χ2v) is 4.39. The molecule has 0 saturated carbocycles. The number of anilines is 1. The minimum absolute atomic E-state index is 0.249. The zero-order chi connectivity index (χ0) is 12.3. The van der Waals surface area contributed by atoms with Crippen LogP contribution < -0.4 is 9.64 Å². The van der Waals surface area contributed by atoms with Gasteiger partial charge in [0.2, 0.25) is 11.8 Å². The van der Waals surface area contributed by atoms with Crippen molar-refractivity contribution >= 4 is 5.95 Å². The first-order valence-electron chi connectivity index (χ1n) is 5.89. The lowest BCUT2D eigenvalue weighted by molar-refractivity contribution is 0.0494. The van der Waals surface area contributed by atoms with Crippen LogP contribution in [0.5, 0.6) is 5.88 Å². The summed E-state index contributed by atoms with van der Waals surface area (Å²) in [6.07, 6.45) is 3.07. The Kier molecular flexibility index (Phi) is 3.78. The van der Waals surface area contributed by atoms with E-state index in [1.165, 1.54) is 0 Å². The Morgan fingerprint density at radius 1 is 1.41 bits per heavy atom. The van der Waals surface area contributed by atoms with Crippen LogP contribution in [0.3, 0.4) is 0 Å². The standard InChI is InChI=1S/C12H19N3O2/c1-9-5-7-15(8-10(9)16-2)12-13-6-4-11(14-12)17-3/h4,6,9-10H,5,7-8H2,1-3H3. The highest BCUT2D eigenvalue weighted by Gasteiger charge is 2.27. The maximum atomic E-state index is 5.48. The molecule has 0 aromatic carbocycles. The molecule has 1 aliphatic rings. The number of hydrogen-bond donors (Lipinski definition) is 0. The van der Waals surface area contributed by atoms with Crippen molar-refractivity contribution in [1.82, 2.24) is 9.97 Å². The van der Waals surface area contributed by atoms with E-state index >= 15 is 0 Å². The van der Waals surface area contributed by atoms with Gasteiger partial charge >= 0.3 is 0 Å². The zero-order valence-electron chi connectivity index (χ0n) is 10.6. The van der Waals surface area contributed by atoms with Gasteiger partial charge in [0.05, 0.1) is 13.2 Å². The molecule has 17 heavy (non-hydrogen) atoms. The lowest BCUT2D eigenvalue weighted by Crippen LogP contribution is -2.44. The van der Waals surface area contributed by atoms with Crippen LogP contribution in [0.25, 0.3) is 0 Å². The van der Waals surface area contributed by atoms with E-state index in [0.717, 1.165) is 25.5 Å². The molecule has 2 heterocycles. The van der Waals surface area contributed by atoms with Crippen LogP contribution in [-0.2, 0) is 4.74 Å². The number of rotatable bonds is 3. The predicted molar refractivity (Wildman–Crippen MR) is 65.4 cm³/mol. The van der Waals surface area contributed by atoms with Crippen molar-refractivity contribution in [2.45, 2.75) is 19.4 Å². The van der Waals surface area contributed by atoms with Crippen LogP contribution >= 0.6 is 0 Å². The van der Waals surface area contributed by atoms with Gasteiger partial charge in [-0.05, 0) is 12.3 Å². The van der Waals surface area contributed by atoms with E-state index in [9.17, 15) is 0 Å². The summed E-state index contributed by atoms with van der Waals surface area (Å²) >= 11 is 0. The first-order valence-corrected chi connectivity index (χ1v) is 5.89. The average molecular weight is 237 g/mol. The Morgan fingerprint density at radius 3 is 2.94 bits per heavy atom. The molecule has 0 radical (unpaired) electrons. The van der Waals surface area contributed by atoms with Gasteiger partial charge in [0, 0.05) is 32.5 Å². The van der Waals surface area contributed by atoms with Crippen molar-refractivity contribution in [3.63, 3.8) is 0 Å². The van der Waals surface area contributed by atoms with E-state index in [4.69, 9.17) is 9.47 Å². The molecule has 2 rings (SSSR count). The summed E-state index contributed by atoms with van der Waals surface area (Å²) in [5, 5.41) is 0. The molecule has 1 aliphatic heterocycles. The quantitative estimate of drug-likeness (QED) is 0.794. The van der Waals surface area contributed by atoms with Gasteiger partial charge in [-0.1, -0.05) is 6.92 Å². The molecule has 1 fully saturated rings. The zero-order valence-corrected chi connectivity index (χ0v) is 10.6. The number of methoxy groups -OCH3 is 2. The molecule has 5 nitrogen and oxygen atoms in total. The molecule has 0 N–H and O–H groups in total. The highest BCUT2D eigenvalue weighted by atomic mass is 16.5. The first-order chi connectivity index (χ1) is 8.24. The van der Waals surface area contributed by atoms with Crippen LogP contribution in [0.15, 0.2) is 12.3 Å². The number of aromatic nitrogens is 2. The lowest BCUT2D eigenvalue weighted by atomic mass is 9.96. The Bertz CT molecular complexity index is 373. The van der Waals surface area contributed by atoms with Crippen molar-refractivity contribution in [2.24, 2.45) is 5.92 Å². The summed E-state index contributed by atoms with van der Waals surface area (Å²) in [6, 6.07) is 1.75. The van der Waals surface area contributed by atoms with E-state index in [1.54, 1.807) is 26.5 Å². The fourth-order valence-corrected chi connectivity index (χ4v) is 2.12. The molecule has 5 heteroatoms. The molecule has 1 aromatic heterocycles. The third-order valence-electron chi connectivity index (χ3n) is 3.30. The van der Waals surface area contributed by atoms with Crippen molar-refractivity contribution < 1.29 is 9.47 Å². The van der Waals surface area contributed by atoms with Gasteiger partial charge in [0.1, 0.15) is 0 Å². The second kappa shape index (κ2) is 5.31. The van der Waals surface area contributed by atoms with E-state index in [2.05, 4.69) is 21.8 Å². The molecule has 2 atom stereocenters. The molecular weight excluding hydrogens is 218 g/mol. The van der Waals surface area contributed by atoms with Gasteiger partial charge in [-0.2, -0.15) is 4.98 Å². The topological polar surface area (TPSA) is 47.5 Å².